The zero-order chi connectivity index (χ0) is 13.8. The Morgan fingerprint density at radius 2 is 2.11 bits per heavy atom. The van der Waals surface area contributed by atoms with Crippen molar-refractivity contribution in [3.05, 3.63) is 0 Å². The molecule has 108 valence electrons. The van der Waals surface area contributed by atoms with Gasteiger partial charge in [-0.1, -0.05) is 0 Å². The van der Waals surface area contributed by atoms with Crippen LogP contribution in [0.2, 0.25) is 0 Å². The van der Waals surface area contributed by atoms with Gasteiger partial charge in [0.15, 0.2) is 0 Å². The van der Waals surface area contributed by atoms with Crippen molar-refractivity contribution >= 4 is 23.6 Å². The maximum absolute atomic E-state index is 12.1. The second-order valence-corrected chi connectivity index (χ2v) is 5.91. The summed E-state index contributed by atoms with van der Waals surface area (Å²) in [5, 5.41) is 9.21. The number of carboxylic acids is 1. The Bertz CT molecular complexity index is 347. The van der Waals surface area contributed by atoms with Gasteiger partial charge in [-0.2, -0.15) is 0 Å². The van der Waals surface area contributed by atoms with Gasteiger partial charge in [0.25, 0.3) is 0 Å². The van der Waals surface area contributed by atoms with Crippen LogP contribution in [0.5, 0.6) is 0 Å². The van der Waals surface area contributed by atoms with E-state index in [1.54, 1.807) is 18.9 Å². The van der Waals surface area contributed by atoms with E-state index >= 15 is 0 Å². The summed E-state index contributed by atoms with van der Waals surface area (Å²) in [6, 6.07) is -0.714. The number of hydrogen-bond acceptors (Lipinski definition) is 5. The molecule has 0 spiro atoms. The van der Waals surface area contributed by atoms with E-state index < -0.39 is 12.0 Å². The molecule has 1 saturated carbocycles. The summed E-state index contributed by atoms with van der Waals surface area (Å²) in [5.74, 6) is -0.232. The van der Waals surface area contributed by atoms with Crippen LogP contribution in [0.1, 0.15) is 12.8 Å². The molecule has 19 heavy (non-hydrogen) atoms. The maximum Gasteiger partial charge on any atom is 0.327 e. The van der Waals surface area contributed by atoms with Crippen molar-refractivity contribution in [2.45, 2.75) is 24.3 Å². The molecule has 1 amide bonds. The molecule has 0 aromatic rings. The Hall–Kier alpha value is -0.790. The number of thioether (sulfide) groups is 1. The van der Waals surface area contributed by atoms with E-state index in [9.17, 15) is 14.7 Å². The predicted octanol–water partition coefficient (Wildman–Crippen LogP) is 0.414. The number of amides is 1. The van der Waals surface area contributed by atoms with Gasteiger partial charge in [0.05, 0.1) is 18.6 Å². The zero-order valence-corrected chi connectivity index (χ0v) is 11.7. The van der Waals surface area contributed by atoms with Gasteiger partial charge in [-0.25, -0.2) is 4.79 Å². The number of hydrogen-bond donors (Lipinski definition) is 1. The summed E-state index contributed by atoms with van der Waals surface area (Å²) < 4.78 is 10.0. The molecule has 6 nitrogen and oxygen atoms in total. The molecule has 0 bridgehead atoms. The molecule has 1 heterocycles. The Kier molecular flexibility index (Phi) is 5.06. The number of ether oxygens (including phenoxy) is 2. The third-order valence-corrected chi connectivity index (χ3v) is 4.75. The van der Waals surface area contributed by atoms with Crippen LogP contribution in [-0.2, 0) is 19.1 Å². The Morgan fingerprint density at radius 1 is 1.37 bits per heavy atom. The molecule has 0 aromatic carbocycles. The van der Waals surface area contributed by atoms with Crippen molar-refractivity contribution in [2.75, 3.05) is 32.7 Å². The number of aliphatic carboxylic acids is 1. The minimum atomic E-state index is -0.930. The molecule has 0 radical (unpaired) electrons. The normalized spacial score (nSPS) is 26.7. The highest BCUT2D eigenvalue weighted by molar-refractivity contribution is 8.00. The molecule has 1 saturated heterocycles. The fourth-order valence-corrected chi connectivity index (χ4v) is 3.81. The molecule has 2 aliphatic rings. The number of nitrogens with zero attached hydrogens (tertiary/aromatic N) is 1. The number of carbonyl (C=O) groups is 2. The lowest BCUT2D eigenvalue weighted by molar-refractivity contribution is -0.151. The smallest absolute Gasteiger partial charge is 0.327 e. The summed E-state index contributed by atoms with van der Waals surface area (Å²) in [7, 11) is 1.56. The van der Waals surface area contributed by atoms with Crippen molar-refractivity contribution in [3.8, 4) is 0 Å². The molecule has 1 N–H and O–H groups in total. The summed E-state index contributed by atoms with van der Waals surface area (Å²) in [6.45, 7) is 0.697. The van der Waals surface area contributed by atoms with Crippen molar-refractivity contribution in [1.82, 2.24) is 4.90 Å². The first-order valence-corrected chi connectivity index (χ1v) is 7.42. The van der Waals surface area contributed by atoms with Crippen LogP contribution >= 0.6 is 11.8 Å². The van der Waals surface area contributed by atoms with E-state index in [1.807, 2.05) is 0 Å². The number of rotatable bonds is 7. The first-order valence-electron chi connectivity index (χ1n) is 6.37. The van der Waals surface area contributed by atoms with E-state index in [1.165, 1.54) is 4.90 Å². The van der Waals surface area contributed by atoms with Gasteiger partial charge in [0.1, 0.15) is 12.6 Å². The minimum absolute atomic E-state index is 0.0135. The molecule has 1 aliphatic carbocycles. The summed E-state index contributed by atoms with van der Waals surface area (Å²) in [5.41, 5.74) is 0. The van der Waals surface area contributed by atoms with Gasteiger partial charge >= 0.3 is 5.97 Å². The van der Waals surface area contributed by atoms with Crippen LogP contribution in [0.3, 0.4) is 0 Å². The zero-order valence-electron chi connectivity index (χ0n) is 10.9. The molecule has 1 aliphatic heterocycles. The monoisotopic (exact) mass is 289 g/mol. The summed E-state index contributed by atoms with van der Waals surface area (Å²) >= 11 is 1.57. The third kappa shape index (κ3) is 3.61. The van der Waals surface area contributed by atoms with Crippen molar-refractivity contribution in [2.24, 2.45) is 5.92 Å². The third-order valence-electron chi connectivity index (χ3n) is 3.29. The lowest BCUT2D eigenvalue weighted by Crippen LogP contribution is -2.47. The highest BCUT2D eigenvalue weighted by atomic mass is 32.2. The highest BCUT2D eigenvalue weighted by Gasteiger charge is 2.47. The van der Waals surface area contributed by atoms with Crippen molar-refractivity contribution in [3.63, 3.8) is 0 Å². The minimum Gasteiger partial charge on any atom is -0.480 e. The predicted molar refractivity (Wildman–Crippen MR) is 69.9 cm³/mol. The highest BCUT2D eigenvalue weighted by Crippen LogP contribution is 2.45. The van der Waals surface area contributed by atoms with Crippen LogP contribution in [0.15, 0.2) is 0 Å². The van der Waals surface area contributed by atoms with Crippen LogP contribution < -0.4 is 0 Å². The average molecular weight is 289 g/mol. The van der Waals surface area contributed by atoms with Crippen LogP contribution in [0.25, 0.3) is 0 Å². The Morgan fingerprint density at radius 3 is 2.68 bits per heavy atom. The van der Waals surface area contributed by atoms with E-state index in [-0.39, 0.29) is 17.9 Å². The molecule has 2 rings (SSSR count). The maximum atomic E-state index is 12.1. The van der Waals surface area contributed by atoms with Gasteiger partial charge in [-0.05, 0) is 18.8 Å². The van der Waals surface area contributed by atoms with Gasteiger partial charge in [0, 0.05) is 12.9 Å². The van der Waals surface area contributed by atoms with Crippen LogP contribution in [-0.4, -0.2) is 66.0 Å². The van der Waals surface area contributed by atoms with E-state index in [0.717, 1.165) is 12.8 Å². The standard InChI is InChI=1S/C12H19NO5S/c1-17-4-5-18-6-10(14)13-9(12(15)16)7-19-11(13)8-2-3-8/h8-9,11H,2-7H2,1H3,(H,15,16). The van der Waals surface area contributed by atoms with Gasteiger partial charge in [0.2, 0.25) is 5.91 Å². The first-order chi connectivity index (χ1) is 9.15. The topological polar surface area (TPSA) is 76.1 Å². The molecule has 2 atom stereocenters. The molecular formula is C12H19NO5S. The van der Waals surface area contributed by atoms with Gasteiger partial charge in [-0.3, -0.25) is 4.79 Å². The van der Waals surface area contributed by atoms with Crippen LogP contribution in [0.4, 0.5) is 0 Å². The van der Waals surface area contributed by atoms with E-state index in [2.05, 4.69) is 0 Å². The lowest BCUT2D eigenvalue weighted by Gasteiger charge is -2.27. The van der Waals surface area contributed by atoms with Crippen molar-refractivity contribution < 1.29 is 24.2 Å². The number of methoxy groups -OCH3 is 1. The summed E-state index contributed by atoms with van der Waals surface area (Å²) in [6.07, 6.45) is 2.16. The number of carbonyl (C=O) groups excluding carboxylic acids is 1. The molecular weight excluding hydrogens is 270 g/mol. The SMILES string of the molecule is COCCOCC(=O)N1C(C(=O)O)CSC1C1CC1. The largest absolute Gasteiger partial charge is 0.480 e. The van der Waals surface area contributed by atoms with E-state index in [4.69, 9.17) is 9.47 Å². The van der Waals surface area contributed by atoms with Crippen molar-refractivity contribution in [1.29, 1.82) is 0 Å². The fraction of sp³-hybridized carbons (Fsp3) is 0.833. The van der Waals surface area contributed by atoms with E-state index in [0.29, 0.717) is 24.9 Å². The quantitative estimate of drug-likeness (QED) is 0.684. The second kappa shape index (κ2) is 6.58. The average Bonchev–Trinajstić information content (AvgIpc) is 3.12. The number of carboxylic acid groups (broad SMARTS) is 1. The Labute approximate surface area is 116 Å². The first kappa shape index (κ1) is 14.6. The lowest BCUT2D eigenvalue weighted by atomic mass is 10.2. The fourth-order valence-electron chi connectivity index (χ4n) is 2.15. The molecule has 7 heteroatoms. The second-order valence-electron chi connectivity index (χ2n) is 4.76. The molecule has 2 unspecified atom stereocenters. The molecule has 2 fully saturated rings. The summed E-state index contributed by atoms with van der Waals surface area (Å²) in [4.78, 5) is 24.9. The Balaban J connectivity index is 1.91. The molecule has 0 aromatic heterocycles. The van der Waals surface area contributed by atoms with Gasteiger partial charge in [-0.15, -0.1) is 11.8 Å². The van der Waals surface area contributed by atoms with Gasteiger partial charge < -0.3 is 19.5 Å². The van der Waals surface area contributed by atoms with Crippen LogP contribution in [0, 0.1) is 5.92 Å².